The molecule has 0 atom stereocenters. The highest BCUT2D eigenvalue weighted by atomic mass is 16.4. The van der Waals surface area contributed by atoms with Gasteiger partial charge in [0.2, 0.25) is 11.8 Å². The number of aromatic nitrogens is 2. The second-order valence-corrected chi connectivity index (χ2v) is 7.98. The van der Waals surface area contributed by atoms with Gasteiger partial charge in [-0.2, -0.15) is 0 Å². The van der Waals surface area contributed by atoms with Gasteiger partial charge in [0.1, 0.15) is 0 Å². The summed E-state index contributed by atoms with van der Waals surface area (Å²) in [4.78, 5) is 4.84. The van der Waals surface area contributed by atoms with Gasteiger partial charge in [-0.05, 0) is 74.2 Å². The Morgan fingerprint density at radius 2 is 0.871 bits per heavy atom. The Morgan fingerprint density at radius 3 is 1.16 bits per heavy atom. The minimum Gasteiger partial charge on any atom is -0.416 e. The molecule has 2 aromatic carbocycles. The van der Waals surface area contributed by atoms with Gasteiger partial charge in [0.05, 0.1) is 0 Å². The van der Waals surface area contributed by atoms with Crippen LogP contribution in [0.3, 0.4) is 0 Å². The van der Waals surface area contributed by atoms with E-state index in [9.17, 15) is 0 Å². The van der Waals surface area contributed by atoms with E-state index >= 15 is 0 Å². The summed E-state index contributed by atoms with van der Waals surface area (Å²) < 4.78 is 6.00. The van der Waals surface area contributed by atoms with Crippen molar-refractivity contribution in [3.8, 4) is 22.9 Å². The minimum atomic E-state index is 0.557. The molecule has 5 nitrogen and oxygen atoms in total. The summed E-state index contributed by atoms with van der Waals surface area (Å²) in [6, 6.07) is 16.9. The van der Waals surface area contributed by atoms with Gasteiger partial charge in [-0.1, -0.05) is 27.7 Å². The highest BCUT2D eigenvalue weighted by molar-refractivity contribution is 5.63. The summed E-state index contributed by atoms with van der Waals surface area (Å²) in [5.41, 5.74) is 4.38. The maximum atomic E-state index is 6.00. The lowest BCUT2D eigenvalue weighted by Crippen LogP contribution is -2.24. The van der Waals surface area contributed by atoms with Crippen LogP contribution in [0.5, 0.6) is 0 Å². The number of hydrogen-bond donors (Lipinski definition) is 0. The molecule has 0 radical (unpaired) electrons. The molecule has 1 aromatic heterocycles. The van der Waals surface area contributed by atoms with Crippen molar-refractivity contribution in [2.75, 3.05) is 36.0 Å². The molecule has 0 aliphatic carbocycles. The zero-order valence-electron chi connectivity index (χ0n) is 19.5. The monoisotopic (exact) mass is 420 g/mol. The summed E-state index contributed by atoms with van der Waals surface area (Å²) in [6.45, 7) is 13.2. The fourth-order valence-electron chi connectivity index (χ4n) is 3.91. The molecule has 0 spiro atoms. The Balaban J connectivity index is 1.74. The van der Waals surface area contributed by atoms with E-state index in [0.29, 0.717) is 11.8 Å². The Hall–Kier alpha value is -2.82. The minimum absolute atomic E-state index is 0.557. The van der Waals surface area contributed by atoms with Crippen LogP contribution < -0.4 is 9.80 Å². The summed E-state index contributed by atoms with van der Waals surface area (Å²) in [7, 11) is 0. The first kappa shape index (κ1) is 22.9. The van der Waals surface area contributed by atoms with Crippen LogP contribution in [0.4, 0.5) is 11.4 Å². The molecule has 5 heteroatoms. The fourth-order valence-corrected chi connectivity index (χ4v) is 3.91. The first-order valence-electron chi connectivity index (χ1n) is 11.7. The summed E-state index contributed by atoms with van der Waals surface area (Å²) in [6.07, 6.45) is 4.56. The first-order valence-corrected chi connectivity index (χ1v) is 11.7. The number of benzene rings is 2. The SMILES string of the molecule is CCCN(CCC)c1ccc(-c2nnc(-c3ccc(N(CCC)CCC)cc3)o2)cc1. The molecule has 0 bridgehead atoms. The van der Waals surface area contributed by atoms with E-state index < -0.39 is 0 Å². The smallest absolute Gasteiger partial charge is 0.248 e. The van der Waals surface area contributed by atoms with Crippen molar-refractivity contribution < 1.29 is 4.42 Å². The Labute approximate surface area is 187 Å². The van der Waals surface area contributed by atoms with Gasteiger partial charge in [-0.3, -0.25) is 0 Å². The molecule has 0 fully saturated rings. The third kappa shape index (κ3) is 5.87. The van der Waals surface area contributed by atoms with E-state index in [0.717, 1.165) is 63.0 Å². The zero-order chi connectivity index (χ0) is 22.1. The van der Waals surface area contributed by atoms with Gasteiger partial charge in [0.25, 0.3) is 0 Å². The lowest BCUT2D eigenvalue weighted by molar-refractivity contribution is 0.584. The van der Waals surface area contributed by atoms with Crippen molar-refractivity contribution in [1.82, 2.24) is 10.2 Å². The van der Waals surface area contributed by atoms with Crippen molar-refractivity contribution in [2.24, 2.45) is 0 Å². The van der Waals surface area contributed by atoms with Crippen LogP contribution in [-0.4, -0.2) is 36.4 Å². The van der Waals surface area contributed by atoms with Crippen molar-refractivity contribution in [3.63, 3.8) is 0 Å². The normalized spacial score (nSPS) is 11.0. The number of hydrogen-bond acceptors (Lipinski definition) is 5. The van der Waals surface area contributed by atoms with E-state index in [1.54, 1.807) is 0 Å². The standard InChI is InChI=1S/C26H36N4O/c1-5-17-29(18-6-2)23-13-9-21(10-14-23)25-27-28-26(31-25)22-11-15-24(16-12-22)30(19-7-3)20-8-4/h9-16H,5-8,17-20H2,1-4H3. The van der Waals surface area contributed by atoms with E-state index in [1.165, 1.54) is 11.4 Å². The maximum Gasteiger partial charge on any atom is 0.248 e. The largest absolute Gasteiger partial charge is 0.416 e. The summed E-state index contributed by atoms with van der Waals surface area (Å²) in [5, 5.41) is 8.57. The Kier molecular flexibility index (Phi) is 8.51. The van der Waals surface area contributed by atoms with Crippen LogP contribution in [0.25, 0.3) is 22.9 Å². The molecule has 166 valence electrons. The molecule has 0 aliphatic rings. The van der Waals surface area contributed by atoms with Gasteiger partial charge in [0.15, 0.2) is 0 Å². The predicted octanol–water partition coefficient (Wildman–Crippen LogP) is 6.66. The van der Waals surface area contributed by atoms with Crippen molar-refractivity contribution in [2.45, 2.75) is 53.4 Å². The maximum absolute atomic E-state index is 6.00. The molecule has 0 N–H and O–H groups in total. The summed E-state index contributed by atoms with van der Waals surface area (Å²) >= 11 is 0. The third-order valence-corrected chi connectivity index (χ3v) is 5.36. The zero-order valence-corrected chi connectivity index (χ0v) is 19.5. The summed E-state index contributed by atoms with van der Waals surface area (Å²) in [5.74, 6) is 1.11. The molecule has 0 amide bonds. The molecule has 1 heterocycles. The molecule has 0 aliphatic heterocycles. The van der Waals surface area contributed by atoms with Crippen LogP contribution >= 0.6 is 0 Å². The Morgan fingerprint density at radius 1 is 0.548 bits per heavy atom. The molecule has 31 heavy (non-hydrogen) atoms. The van der Waals surface area contributed by atoms with E-state index in [2.05, 4.69) is 96.2 Å². The second-order valence-electron chi connectivity index (χ2n) is 7.98. The van der Waals surface area contributed by atoms with E-state index in [-0.39, 0.29) is 0 Å². The van der Waals surface area contributed by atoms with Gasteiger partial charge in [0, 0.05) is 48.7 Å². The first-order chi connectivity index (χ1) is 15.2. The fraction of sp³-hybridized carbons (Fsp3) is 0.462. The molecule has 0 saturated carbocycles. The van der Waals surface area contributed by atoms with Crippen molar-refractivity contribution in [1.29, 1.82) is 0 Å². The highest BCUT2D eigenvalue weighted by Crippen LogP contribution is 2.27. The predicted molar refractivity (Wildman–Crippen MR) is 131 cm³/mol. The number of rotatable bonds is 12. The third-order valence-electron chi connectivity index (χ3n) is 5.36. The van der Waals surface area contributed by atoms with Gasteiger partial charge >= 0.3 is 0 Å². The van der Waals surface area contributed by atoms with Crippen LogP contribution in [0.15, 0.2) is 52.9 Å². The van der Waals surface area contributed by atoms with E-state index in [1.807, 2.05) is 0 Å². The van der Waals surface area contributed by atoms with Gasteiger partial charge < -0.3 is 14.2 Å². The molecular formula is C26H36N4O. The highest BCUT2D eigenvalue weighted by Gasteiger charge is 2.12. The molecule has 3 aromatic rings. The molecule has 0 unspecified atom stereocenters. The van der Waals surface area contributed by atoms with Gasteiger partial charge in [-0.25, -0.2) is 0 Å². The van der Waals surface area contributed by atoms with Crippen LogP contribution in [0.2, 0.25) is 0 Å². The number of nitrogens with zero attached hydrogens (tertiary/aromatic N) is 4. The topological polar surface area (TPSA) is 45.4 Å². The lowest BCUT2D eigenvalue weighted by atomic mass is 10.1. The van der Waals surface area contributed by atoms with Gasteiger partial charge in [-0.15, -0.1) is 10.2 Å². The van der Waals surface area contributed by atoms with Crippen molar-refractivity contribution >= 4 is 11.4 Å². The molecule has 3 rings (SSSR count). The van der Waals surface area contributed by atoms with E-state index in [4.69, 9.17) is 4.42 Å². The van der Waals surface area contributed by atoms with Crippen LogP contribution in [0, 0.1) is 0 Å². The molecular weight excluding hydrogens is 384 g/mol. The van der Waals surface area contributed by atoms with Crippen LogP contribution in [-0.2, 0) is 0 Å². The lowest BCUT2D eigenvalue weighted by Gasteiger charge is -2.23. The van der Waals surface area contributed by atoms with Crippen molar-refractivity contribution in [3.05, 3.63) is 48.5 Å². The molecule has 0 saturated heterocycles. The van der Waals surface area contributed by atoms with Crippen LogP contribution in [0.1, 0.15) is 53.4 Å². The Bertz CT molecular complexity index is 816. The second kappa shape index (κ2) is 11.5. The average molecular weight is 421 g/mol. The average Bonchev–Trinajstić information content (AvgIpc) is 3.29. The number of anilines is 2. The quantitative estimate of drug-likeness (QED) is 0.328.